The lowest BCUT2D eigenvalue weighted by atomic mass is 10.1. The maximum Gasteiger partial charge on any atom is 0.275 e. The number of hydrogen-bond donors (Lipinski definition) is 0. The van der Waals surface area contributed by atoms with Gasteiger partial charge in [-0.1, -0.05) is 0 Å². The monoisotopic (exact) mass is 400 g/mol. The molecule has 0 radical (unpaired) electrons. The van der Waals surface area contributed by atoms with Crippen molar-refractivity contribution < 1.29 is 13.9 Å². The van der Waals surface area contributed by atoms with E-state index in [9.17, 15) is 4.79 Å². The van der Waals surface area contributed by atoms with E-state index >= 15 is 0 Å². The molecule has 0 N–H and O–H groups in total. The van der Waals surface area contributed by atoms with Crippen LogP contribution in [-0.2, 0) is 6.61 Å². The number of amides is 1. The summed E-state index contributed by atoms with van der Waals surface area (Å²) in [7, 11) is 3.93. The highest BCUT2D eigenvalue weighted by atomic mass is 32.1. The van der Waals surface area contributed by atoms with Gasteiger partial charge < -0.3 is 19.0 Å². The molecular weight excluding hydrogens is 376 g/mol. The first-order valence-corrected chi connectivity index (χ1v) is 10.2. The number of fused-ring (bicyclic) bond motifs is 1. The van der Waals surface area contributed by atoms with Gasteiger partial charge in [-0.15, -0.1) is 11.3 Å². The Kier molecular flexibility index (Phi) is 5.32. The molecule has 0 saturated carbocycles. The molecular formula is C20H24N4O3S. The Bertz CT molecular complexity index is 983. The third kappa shape index (κ3) is 4.18. The van der Waals surface area contributed by atoms with E-state index in [-0.39, 0.29) is 12.5 Å². The van der Waals surface area contributed by atoms with E-state index in [1.54, 1.807) is 16.2 Å². The molecule has 1 aliphatic rings. The normalized spacial score (nSPS) is 17.3. The fraction of sp³-hybridized carbons (Fsp3) is 0.450. The molecule has 1 aromatic carbocycles. The van der Waals surface area contributed by atoms with Crippen LogP contribution in [-0.4, -0.2) is 59.4 Å². The van der Waals surface area contributed by atoms with Crippen LogP contribution in [0.5, 0.6) is 5.75 Å². The lowest BCUT2D eigenvalue weighted by Gasteiger charge is -2.20. The number of oxazole rings is 1. The van der Waals surface area contributed by atoms with Crippen molar-refractivity contribution in [2.75, 3.05) is 33.7 Å². The molecule has 0 aliphatic carbocycles. The molecule has 1 atom stereocenters. The second kappa shape index (κ2) is 7.89. The number of aryl methyl sites for hydroxylation is 1. The highest BCUT2D eigenvalue weighted by Gasteiger charge is 2.24. The summed E-state index contributed by atoms with van der Waals surface area (Å²) in [4.78, 5) is 25.4. The van der Waals surface area contributed by atoms with Gasteiger partial charge in [0.1, 0.15) is 12.0 Å². The van der Waals surface area contributed by atoms with Gasteiger partial charge in [-0.25, -0.2) is 9.97 Å². The third-order valence-electron chi connectivity index (χ3n) is 4.97. The van der Waals surface area contributed by atoms with Crippen LogP contribution in [0.25, 0.3) is 10.2 Å². The Morgan fingerprint density at radius 1 is 1.43 bits per heavy atom. The van der Waals surface area contributed by atoms with Gasteiger partial charge in [-0.05, 0) is 45.0 Å². The first kappa shape index (κ1) is 18.9. The molecule has 0 bridgehead atoms. The minimum absolute atomic E-state index is 0.121. The summed E-state index contributed by atoms with van der Waals surface area (Å²) in [6.07, 6.45) is 2.53. The van der Waals surface area contributed by atoms with Crippen molar-refractivity contribution in [1.82, 2.24) is 19.8 Å². The van der Waals surface area contributed by atoms with Crippen molar-refractivity contribution in [2.45, 2.75) is 20.0 Å². The first-order chi connectivity index (χ1) is 13.5. The van der Waals surface area contributed by atoms with Crippen LogP contribution in [0.3, 0.4) is 0 Å². The largest absolute Gasteiger partial charge is 0.484 e. The van der Waals surface area contributed by atoms with E-state index < -0.39 is 0 Å². The van der Waals surface area contributed by atoms with E-state index in [1.165, 1.54) is 6.26 Å². The van der Waals surface area contributed by atoms with E-state index in [2.05, 4.69) is 21.9 Å². The predicted molar refractivity (Wildman–Crippen MR) is 108 cm³/mol. The average Bonchev–Trinajstić information content (AvgIpc) is 3.38. The predicted octanol–water partition coefficient (Wildman–Crippen LogP) is 3.20. The van der Waals surface area contributed by atoms with E-state index in [1.807, 2.05) is 32.2 Å². The number of hydrogen-bond acceptors (Lipinski definition) is 7. The molecule has 28 heavy (non-hydrogen) atoms. The topological polar surface area (TPSA) is 71.7 Å². The third-order valence-corrected chi connectivity index (χ3v) is 5.92. The second-order valence-electron chi connectivity index (χ2n) is 7.38. The van der Waals surface area contributed by atoms with Crippen LogP contribution in [0.4, 0.5) is 0 Å². The van der Waals surface area contributed by atoms with Crippen molar-refractivity contribution in [3.8, 4) is 5.75 Å². The summed E-state index contributed by atoms with van der Waals surface area (Å²) < 4.78 is 12.3. The fourth-order valence-electron chi connectivity index (χ4n) is 3.57. The number of nitrogens with zero attached hydrogens (tertiary/aromatic N) is 4. The Morgan fingerprint density at radius 2 is 2.29 bits per heavy atom. The van der Waals surface area contributed by atoms with Gasteiger partial charge >= 0.3 is 0 Å². The van der Waals surface area contributed by atoms with Gasteiger partial charge in [0.15, 0.2) is 12.3 Å². The fourth-order valence-corrected chi connectivity index (χ4v) is 4.38. The minimum Gasteiger partial charge on any atom is -0.484 e. The van der Waals surface area contributed by atoms with Crippen molar-refractivity contribution in [3.63, 3.8) is 0 Å². The van der Waals surface area contributed by atoms with Crippen LogP contribution < -0.4 is 4.74 Å². The summed E-state index contributed by atoms with van der Waals surface area (Å²) >= 11 is 1.65. The second-order valence-corrected chi connectivity index (χ2v) is 8.61. The van der Waals surface area contributed by atoms with E-state index in [0.717, 1.165) is 41.3 Å². The molecule has 0 spiro atoms. The number of carbonyl (C=O) groups is 1. The lowest BCUT2D eigenvalue weighted by molar-refractivity contribution is 0.0768. The van der Waals surface area contributed by atoms with Gasteiger partial charge in [0.05, 0.1) is 15.2 Å². The van der Waals surface area contributed by atoms with Crippen LogP contribution in [0.1, 0.15) is 27.8 Å². The molecule has 1 fully saturated rings. The molecule has 1 saturated heterocycles. The number of thiazole rings is 1. The molecule has 3 aromatic rings. The van der Waals surface area contributed by atoms with Crippen LogP contribution in [0.2, 0.25) is 0 Å². The summed E-state index contributed by atoms with van der Waals surface area (Å²) in [6, 6.07) is 5.80. The highest BCUT2D eigenvalue weighted by molar-refractivity contribution is 7.18. The average molecular weight is 401 g/mol. The van der Waals surface area contributed by atoms with Gasteiger partial charge in [-0.2, -0.15) is 0 Å². The van der Waals surface area contributed by atoms with Gasteiger partial charge in [-0.3, -0.25) is 4.79 Å². The maximum atomic E-state index is 12.6. The molecule has 0 unspecified atom stereocenters. The van der Waals surface area contributed by atoms with Crippen LogP contribution >= 0.6 is 11.3 Å². The van der Waals surface area contributed by atoms with Gasteiger partial charge in [0, 0.05) is 26.2 Å². The first-order valence-electron chi connectivity index (χ1n) is 9.36. The number of carbonyl (C=O) groups excluding carboxylic acids is 1. The lowest BCUT2D eigenvalue weighted by Crippen LogP contribution is -2.33. The molecule has 148 valence electrons. The Balaban J connectivity index is 1.34. The number of ether oxygens (including phenoxy) is 1. The zero-order valence-electron chi connectivity index (χ0n) is 16.3. The molecule has 1 amide bonds. The smallest absolute Gasteiger partial charge is 0.275 e. The zero-order valence-corrected chi connectivity index (χ0v) is 17.2. The molecule has 1 aliphatic heterocycles. The van der Waals surface area contributed by atoms with Crippen LogP contribution in [0, 0.1) is 12.8 Å². The quantitative estimate of drug-likeness (QED) is 0.633. The van der Waals surface area contributed by atoms with E-state index in [4.69, 9.17) is 9.15 Å². The SMILES string of the molecule is Cc1nc2cc(OCc3nc(C(=O)N(C)C[C@H]4CCN(C)C4)co3)ccc2s1. The molecule has 2 aromatic heterocycles. The summed E-state index contributed by atoms with van der Waals surface area (Å²) in [5.74, 6) is 1.47. The van der Waals surface area contributed by atoms with Crippen molar-refractivity contribution in [1.29, 1.82) is 0 Å². The Morgan fingerprint density at radius 3 is 3.07 bits per heavy atom. The Labute approximate surface area is 167 Å². The standard InChI is InChI=1S/C20H24N4O3S/c1-13-21-16-8-15(4-5-18(16)28-13)26-12-19-22-17(11-27-19)20(25)24(3)10-14-6-7-23(2)9-14/h4-5,8,11,14H,6-7,9-10,12H2,1-3H3/t14-/m0/s1. The number of likely N-dealkylation sites (tertiary alicyclic amines) is 1. The summed E-state index contributed by atoms with van der Waals surface area (Å²) in [5.41, 5.74) is 1.24. The minimum atomic E-state index is -0.121. The van der Waals surface area contributed by atoms with Crippen molar-refractivity contribution in [2.24, 2.45) is 5.92 Å². The molecule has 3 heterocycles. The zero-order chi connectivity index (χ0) is 19.7. The highest BCUT2D eigenvalue weighted by Crippen LogP contribution is 2.26. The maximum absolute atomic E-state index is 12.6. The number of aromatic nitrogens is 2. The van der Waals surface area contributed by atoms with Crippen molar-refractivity contribution >= 4 is 27.5 Å². The van der Waals surface area contributed by atoms with Gasteiger partial charge in [0.2, 0.25) is 5.89 Å². The number of rotatable bonds is 6. The molecule has 7 nitrogen and oxygen atoms in total. The van der Waals surface area contributed by atoms with Gasteiger partial charge in [0.25, 0.3) is 5.91 Å². The molecule has 8 heteroatoms. The number of benzene rings is 1. The summed E-state index contributed by atoms with van der Waals surface area (Å²) in [6.45, 7) is 5.00. The summed E-state index contributed by atoms with van der Waals surface area (Å²) in [5, 5.41) is 1.02. The van der Waals surface area contributed by atoms with Crippen LogP contribution in [0.15, 0.2) is 28.9 Å². The van der Waals surface area contributed by atoms with Crippen molar-refractivity contribution in [3.05, 3.63) is 41.1 Å². The van der Waals surface area contributed by atoms with E-state index in [0.29, 0.717) is 23.3 Å². The molecule has 4 rings (SSSR count). The Hall–Kier alpha value is -2.45.